The van der Waals surface area contributed by atoms with Crippen LogP contribution < -0.4 is 5.56 Å². The number of piperidine rings is 1. The van der Waals surface area contributed by atoms with Crippen LogP contribution in [0.4, 0.5) is 0 Å². The Morgan fingerprint density at radius 3 is 3.13 bits per heavy atom. The number of nitrogens with zero attached hydrogens (tertiary/aromatic N) is 1. The third-order valence-corrected chi connectivity index (χ3v) is 3.23. The fraction of sp³-hybridized carbons (Fsp3) is 0.583. The number of hydrogen-bond acceptors (Lipinski definition) is 2. The van der Waals surface area contributed by atoms with Crippen LogP contribution in [-0.4, -0.2) is 23.0 Å². The second-order valence-electron chi connectivity index (χ2n) is 4.09. The van der Waals surface area contributed by atoms with Crippen molar-refractivity contribution >= 4 is 0 Å². The van der Waals surface area contributed by atoms with E-state index in [1.54, 1.807) is 6.20 Å². The summed E-state index contributed by atoms with van der Waals surface area (Å²) in [5.41, 5.74) is 1.00. The van der Waals surface area contributed by atoms with Gasteiger partial charge in [0.2, 0.25) is 0 Å². The van der Waals surface area contributed by atoms with E-state index < -0.39 is 0 Å². The van der Waals surface area contributed by atoms with Crippen LogP contribution in [0.15, 0.2) is 23.1 Å². The SMILES string of the molecule is CCN1CCCC[C@@H]1c1ccc[nH]c1=O. The Hall–Kier alpha value is -1.09. The lowest BCUT2D eigenvalue weighted by Crippen LogP contribution is -2.35. The minimum Gasteiger partial charge on any atom is -0.329 e. The van der Waals surface area contributed by atoms with Crippen LogP contribution in [0, 0.1) is 0 Å². The lowest BCUT2D eigenvalue weighted by molar-refractivity contribution is 0.156. The second-order valence-corrected chi connectivity index (χ2v) is 4.09. The predicted octanol–water partition coefficient (Wildman–Crippen LogP) is 1.92. The van der Waals surface area contributed by atoms with Gasteiger partial charge in [-0.05, 0) is 32.0 Å². The molecule has 15 heavy (non-hydrogen) atoms. The van der Waals surface area contributed by atoms with Crippen LogP contribution in [0.2, 0.25) is 0 Å². The van der Waals surface area contributed by atoms with Gasteiger partial charge in [0.15, 0.2) is 0 Å². The second kappa shape index (κ2) is 4.62. The third-order valence-electron chi connectivity index (χ3n) is 3.23. The summed E-state index contributed by atoms with van der Waals surface area (Å²) in [6.07, 6.45) is 5.30. The van der Waals surface area contributed by atoms with Gasteiger partial charge in [-0.25, -0.2) is 0 Å². The zero-order valence-corrected chi connectivity index (χ0v) is 9.20. The van der Waals surface area contributed by atoms with Crippen LogP contribution in [0.3, 0.4) is 0 Å². The summed E-state index contributed by atoms with van der Waals surface area (Å²) in [7, 11) is 0. The van der Waals surface area contributed by atoms with Gasteiger partial charge < -0.3 is 4.98 Å². The minimum atomic E-state index is 0.0721. The Labute approximate surface area is 90.1 Å². The fourth-order valence-electron chi connectivity index (χ4n) is 2.42. The van der Waals surface area contributed by atoms with Gasteiger partial charge in [0.05, 0.1) is 0 Å². The molecule has 1 N–H and O–H groups in total. The molecular formula is C12H18N2O. The van der Waals surface area contributed by atoms with Crippen molar-refractivity contribution in [2.75, 3.05) is 13.1 Å². The molecule has 1 atom stereocenters. The summed E-state index contributed by atoms with van der Waals surface area (Å²) in [6, 6.07) is 4.20. The zero-order chi connectivity index (χ0) is 10.7. The molecule has 0 aliphatic carbocycles. The van der Waals surface area contributed by atoms with E-state index in [2.05, 4.69) is 16.8 Å². The predicted molar refractivity (Wildman–Crippen MR) is 60.9 cm³/mol. The molecule has 0 radical (unpaired) electrons. The average molecular weight is 206 g/mol. The van der Waals surface area contributed by atoms with E-state index >= 15 is 0 Å². The molecule has 0 unspecified atom stereocenters. The van der Waals surface area contributed by atoms with Crippen molar-refractivity contribution in [2.45, 2.75) is 32.2 Å². The number of aromatic amines is 1. The van der Waals surface area contributed by atoms with Gasteiger partial charge in [0.25, 0.3) is 5.56 Å². The number of rotatable bonds is 2. The Morgan fingerprint density at radius 2 is 2.40 bits per heavy atom. The highest BCUT2D eigenvalue weighted by atomic mass is 16.1. The number of aromatic nitrogens is 1. The minimum absolute atomic E-state index is 0.0721. The highest BCUT2D eigenvalue weighted by molar-refractivity contribution is 5.15. The highest BCUT2D eigenvalue weighted by Gasteiger charge is 2.24. The maximum Gasteiger partial charge on any atom is 0.252 e. The molecule has 0 saturated carbocycles. The molecular weight excluding hydrogens is 188 g/mol. The summed E-state index contributed by atoms with van der Waals surface area (Å²) in [4.78, 5) is 16.9. The van der Waals surface area contributed by atoms with Crippen molar-refractivity contribution in [3.8, 4) is 0 Å². The van der Waals surface area contributed by atoms with E-state index in [0.717, 1.165) is 25.1 Å². The van der Waals surface area contributed by atoms with E-state index in [-0.39, 0.29) is 5.56 Å². The number of H-pyrrole nitrogens is 1. The van der Waals surface area contributed by atoms with E-state index in [0.29, 0.717) is 6.04 Å². The van der Waals surface area contributed by atoms with Gasteiger partial charge in [-0.3, -0.25) is 9.69 Å². The third kappa shape index (κ3) is 2.12. The van der Waals surface area contributed by atoms with E-state index in [1.807, 2.05) is 12.1 Å². The van der Waals surface area contributed by atoms with Gasteiger partial charge >= 0.3 is 0 Å². The number of hydrogen-bond donors (Lipinski definition) is 1. The summed E-state index contributed by atoms with van der Waals surface area (Å²) >= 11 is 0. The average Bonchev–Trinajstić information content (AvgIpc) is 2.30. The first-order valence-corrected chi connectivity index (χ1v) is 5.74. The quantitative estimate of drug-likeness (QED) is 0.802. The van der Waals surface area contributed by atoms with E-state index in [4.69, 9.17) is 0 Å². The van der Waals surface area contributed by atoms with Crippen LogP contribution in [-0.2, 0) is 0 Å². The fourth-order valence-corrected chi connectivity index (χ4v) is 2.42. The Balaban J connectivity index is 2.28. The molecule has 0 aromatic carbocycles. The topological polar surface area (TPSA) is 36.1 Å². The van der Waals surface area contributed by atoms with Crippen LogP contribution >= 0.6 is 0 Å². The number of nitrogens with one attached hydrogen (secondary N) is 1. The van der Waals surface area contributed by atoms with Gasteiger partial charge in [0.1, 0.15) is 0 Å². The molecule has 1 aliphatic heterocycles. The van der Waals surface area contributed by atoms with Crippen LogP contribution in [0.5, 0.6) is 0 Å². The maximum absolute atomic E-state index is 11.7. The summed E-state index contributed by atoms with van der Waals surface area (Å²) in [5, 5.41) is 0. The summed E-state index contributed by atoms with van der Waals surface area (Å²) < 4.78 is 0. The van der Waals surface area contributed by atoms with Crippen molar-refractivity contribution in [2.24, 2.45) is 0 Å². The molecule has 1 saturated heterocycles. The first-order valence-electron chi connectivity index (χ1n) is 5.74. The van der Waals surface area contributed by atoms with E-state index in [1.165, 1.54) is 12.8 Å². The van der Waals surface area contributed by atoms with Gasteiger partial charge in [-0.1, -0.05) is 19.4 Å². The Morgan fingerprint density at radius 1 is 1.53 bits per heavy atom. The molecule has 3 heteroatoms. The maximum atomic E-state index is 11.7. The van der Waals surface area contributed by atoms with Crippen molar-refractivity contribution in [1.29, 1.82) is 0 Å². The van der Waals surface area contributed by atoms with Gasteiger partial charge in [-0.15, -0.1) is 0 Å². The Bertz CT molecular complexity index is 372. The lowest BCUT2D eigenvalue weighted by atomic mass is 9.96. The van der Waals surface area contributed by atoms with Crippen molar-refractivity contribution in [1.82, 2.24) is 9.88 Å². The molecule has 1 aromatic heterocycles. The zero-order valence-electron chi connectivity index (χ0n) is 9.20. The molecule has 0 bridgehead atoms. The molecule has 0 amide bonds. The first kappa shape index (κ1) is 10.4. The molecule has 1 aromatic rings. The van der Waals surface area contributed by atoms with Gasteiger partial charge in [-0.2, -0.15) is 0 Å². The van der Waals surface area contributed by atoms with Crippen molar-refractivity contribution < 1.29 is 0 Å². The van der Waals surface area contributed by atoms with Crippen LogP contribution in [0.1, 0.15) is 37.8 Å². The highest BCUT2D eigenvalue weighted by Crippen LogP contribution is 2.28. The molecule has 82 valence electrons. The molecule has 2 rings (SSSR count). The standard InChI is InChI=1S/C12H18N2O/c1-2-14-9-4-3-7-11(14)10-6-5-8-13-12(10)15/h5-6,8,11H,2-4,7,9H2,1H3,(H,13,15)/t11-/m1/s1. The monoisotopic (exact) mass is 206 g/mol. The lowest BCUT2D eigenvalue weighted by Gasteiger charge is -2.34. The molecule has 0 spiro atoms. The number of pyridine rings is 1. The van der Waals surface area contributed by atoms with Gasteiger partial charge in [0, 0.05) is 17.8 Å². The molecule has 1 fully saturated rings. The summed E-state index contributed by atoms with van der Waals surface area (Å²) in [6.45, 7) is 4.31. The Kier molecular flexibility index (Phi) is 3.21. The molecule has 2 heterocycles. The largest absolute Gasteiger partial charge is 0.329 e. The van der Waals surface area contributed by atoms with Crippen LogP contribution in [0.25, 0.3) is 0 Å². The summed E-state index contributed by atoms with van der Waals surface area (Å²) in [5.74, 6) is 0. The first-order chi connectivity index (χ1) is 7.33. The molecule has 3 nitrogen and oxygen atoms in total. The van der Waals surface area contributed by atoms with Crippen molar-refractivity contribution in [3.63, 3.8) is 0 Å². The van der Waals surface area contributed by atoms with E-state index in [9.17, 15) is 4.79 Å². The normalized spacial score (nSPS) is 22.9. The smallest absolute Gasteiger partial charge is 0.252 e. The molecule has 1 aliphatic rings. The van der Waals surface area contributed by atoms with Crippen molar-refractivity contribution in [3.05, 3.63) is 34.2 Å². The number of likely N-dealkylation sites (tertiary alicyclic amines) is 1.